The van der Waals surface area contributed by atoms with Crippen LogP contribution in [-0.4, -0.2) is 41.9 Å². The fourth-order valence-electron chi connectivity index (χ4n) is 5.29. The number of carbonyl (C=O) groups excluding carboxylic acids is 1. The zero-order valence-electron chi connectivity index (χ0n) is 20.6. The second kappa shape index (κ2) is 12.0. The predicted octanol–water partition coefficient (Wildman–Crippen LogP) is 7.45. The van der Waals surface area contributed by atoms with Gasteiger partial charge in [0.2, 0.25) is 5.91 Å². The molecule has 1 atom stereocenters. The highest BCUT2D eigenvalue weighted by molar-refractivity contribution is 6.42. The Morgan fingerprint density at radius 1 is 0.649 bits per heavy atom. The van der Waals surface area contributed by atoms with E-state index in [1.807, 2.05) is 77.7 Å². The maximum absolute atomic E-state index is 13.5. The monoisotopic (exact) mass is 528 g/mol. The van der Waals surface area contributed by atoms with Crippen molar-refractivity contribution in [1.82, 2.24) is 9.80 Å². The number of carbonyl (C=O) groups is 1. The summed E-state index contributed by atoms with van der Waals surface area (Å²) in [6.07, 6.45) is 0.455. The number of amides is 1. The minimum absolute atomic E-state index is 0.0222. The third kappa shape index (κ3) is 5.91. The van der Waals surface area contributed by atoms with Gasteiger partial charge in [0.25, 0.3) is 0 Å². The van der Waals surface area contributed by atoms with E-state index in [4.69, 9.17) is 23.2 Å². The van der Waals surface area contributed by atoms with Gasteiger partial charge in [0.1, 0.15) is 0 Å². The van der Waals surface area contributed by atoms with E-state index < -0.39 is 0 Å². The molecule has 1 aliphatic rings. The SMILES string of the molecule is O=C(CC(c1ccccc1)c1ccccc1)N1CCN(C(c2ccccc2)c2cccc(Cl)c2Cl)CC1. The molecule has 4 aromatic carbocycles. The fraction of sp³-hybridized carbons (Fsp3) is 0.219. The summed E-state index contributed by atoms with van der Waals surface area (Å²) in [6.45, 7) is 2.87. The van der Waals surface area contributed by atoms with Gasteiger partial charge in [-0.2, -0.15) is 0 Å². The Kier molecular flexibility index (Phi) is 8.25. The molecule has 37 heavy (non-hydrogen) atoms. The Labute approximate surface area is 229 Å². The highest BCUT2D eigenvalue weighted by Crippen LogP contribution is 2.37. The van der Waals surface area contributed by atoms with Crippen LogP contribution in [0.4, 0.5) is 0 Å². The van der Waals surface area contributed by atoms with Crippen molar-refractivity contribution in [3.8, 4) is 0 Å². The summed E-state index contributed by atoms with van der Waals surface area (Å²) in [4.78, 5) is 18.0. The summed E-state index contributed by atoms with van der Waals surface area (Å²) < 4.78 is 0. The molecule has 0 radical (unpaired) electrons. The first kappa shape index (κ1) is 25.5. The van der Waals surface area contributed by atoms with Crippen LogP contribution in [0.25, 0.3) is 0 Å². The van der Waals surface area contributed by atoms with Crippen LogP contribution < -0.4 is 0 Å². The van der Waals surface area contributed by atoms with E-state index in [1.165, 1.54) is 16.7 Å². The second-order valence-electron chi connectivity index (χ2n) is 9.45. The van der Waals surface area contributed by atoms with E-state index in [9.17, 15) is 4.79 Å². The number of nitrogens with zero attached hydrogens (tertiary/aromatic N) is 2. The van der Waals surface area contributed by atoms with Crippen molar-refractivity contribution in [3.63, 3.8) is 0 Å². The van der Waals surface area contributed by atoms with Crippen molar-refractivity contribution < 1.29 is 4.79 Å². The Balaban J connectivity index is 1.33. The van der Waals surface area contributed by atoms with Crippen LogP contribution in [0.3, 0.4) is 0 Å². The Bertz CT molecular complexity index is 1270. The van der Waals surface area contributed by atoms with E-state index in [2.05, 4.69) is 41.3 Å². The molecule has 1 amide bonds. The first-order chi connectivity index (χ1) is 18.1. The molecule has 1 fully saturated rings. The molecule has 0 aliphatic carbocycles. The molecule has 1 aliphatic heterocycles. The molecule has 0 saturated carbocycles. The van der Waals surface area contributed by atoms with E-state index >= 15 is 0 Å². The van der Waals surface area contributed by atoms with Gasteiger partial charge < -0.3 is 4.90 Å². The average molecular weight is 530 g/mol. The molecular weight excluding hydrogens is 499 g/mol. The Morgan fingerprint density at radius 2 is 1.16 bits per heavy atom. The van der Waals surface area contributed by atoms with Crippen LogP contribution >= 0.6 is 23.2 Å². The van der Waals surface area contributed by atoms with Crippen molar-refractivity contribution in [3.05, 3.63) is 141 Å². The lowest BCUT2D eigenvalue weighted by Gasteiger charge is -2.40. The van der Waals surface area contributed by atoms with Gasteiger partial charge in [0.15, 0.2) is 0 Å². The minimum atomic E-state index is -0.0222. The van der Waals surface area contributed by atoms with Gasteiger partial charge in [-0.1, -0.05) is 126 Å². The minimum Gasteiger partial charge on any atom is -0.340 e. The van der Waals surface area contributed by atoms with Crippen molar-refractivity contribution in [2.24, 2.45) is 0 Å². The summed E-state index contributed by atoms with van der Waals surface area (Å²) >= 11 is 13.1. The zero-order chi connectivity index (χ0) is 25.6. The highest BCUT2D eigenvalue weighted by Gasteiger charge is 2.31. The van der Waals surface area contributed by atoms with Crippen LogP contribution in [0.5, 0.6) is 0 Å². The van der Waals surface area contributed by atoms with Gasteiger partial charge in [0, 0.05) is 38.5 Å². The average Bonchev–Trinajstić information content (AvgIpc) is 2.96. The summed E-state index contributed by atoms with van der Waals surface area (Å²) in [5, 5.41) is 1.15. The predicted molar refractivity (Wildman–Crippen MR) is 152 cm³/mol. The maximum Gasteiger partial charge on any atom is 0.223 e. The second-order valence-corrected chi connectivity index (χ2v) is 10.2. The fourth-order valence-corrected chi connectivity index (χ4v) is 5.70. The van der Waals surface area contributed by atoms with Gasteiger partial charge in [-0.15, -0.1) is 0 Å². The number of rotatable bonds is 7. The van der Waals surface area contributed by atoms with Crippen molar-refractivity contribution >= 4 is 29.1 Å². The molecular formula is C32H30Cl2N2O. The lowest BCUT2D eigenvalue weighted by molar-refractivity contribution is -0.133. The number of hydrogen-bond donors (Lipinski definition) is 0. The molecule has 1 unspecified atom stereocenters. The zero-order valence-corrected chi connectivity index (χ0v) is 22.2. The van der Waals surface area contributed by atoms with E-state index in [0.717, 1.165) is 18.7 Å². The van der Waals surface area contributed by atoms with Crippen molar-refractivity contribution in [1.29, 1.82) is 0 Å². The molecule has 3 nitrogen and oxygen atoms in total. The standard InChI is InChI=1S/C32H30Cl2N2O/c33-29-18-10-17-27(31(29)34)32(26-15-8-3-9-16-26)36-21-19-35(20-22-36)30(37)23-28(24-11-4-1-5-12-24)25-13-6-2-7-14-25/h1-18,28,32H,19-23H2. The molecule has 0 N–H and O–H groups in total. The first-order valence-electron chi connectivity index (χ1n) is 12.7. The van der Waals surface area contributed by atoms with Crippen LogP contribution in [0.15, 0.2) is 109 Å². The van der Waals surface area contributed by atoms with Crippen LogP contribution in [-0.2, 0) is 4.79 Å². The van der Waals surface area contributed by atoms with Crippen molar-refractivity contribution in [2.45, 2.75) is 18.4 Å². The molecule has 5 rings (SSSR count). The molecule has 188 valence electrons. The van der Waals surface area contributed by atoms with Crippen LogP contribution in [0.2, 0.25) is 10.0 Å². The maximum atomic E-state index is 13.5. The topological polar surface area (TPSA) is 23.6 Å². The molecule has 0 spiro atoms. The molecule has 0 aromatic heterocycles. The summed E-state index contributed by atoms with van der Waals surface area (Å²) in [5.41, 5.74) is 4.49. The molecule has 5 heteroatoms. The van der Waals surface area contributed by atoms with E-state index in [1.54, 1.807) is 0 Å². The number of hydrogen-bond acceptors (Lipinski definition) is 2. The third-order valence-electron chi connectivity index (χ3n) is 7.21. The molecule has 1 saturated heterocycles. The largest absolute Gasteiger partial charge is 0.340 e. The lowest BCUT2D eigenvalue weighted by atomic mass is 9.88. The molecule has 4 aromatic rings. The quantitative estimate of drug-likeness (QED) is 0.248. The Hall–Kier alpha value is -3.11. The first-order valence-corrected chi connectivity index (χ1v) is 13.5. The molecule has 0 bridgehead atoms. The van der Waals surface area contributed by atoms with Gasteiger partial charge >= 0.3 is 0 Å². The molecule has 1 heterocycles. The third-order valence-corrected chi connectivity index (χ3v) is 8.04. The lowest BCUT2D eigenvalue weighted by Crippen LogP contribution is -2.50. The Morgan fingerprint density at radius 3 is 1.70 bits per heavy atom. The van der Waals surface area contributed by atoms with E-state index in [-0.39, 0.29) is 17.9 Å². The smallest absolute Gasteiger partial charge is 0.223 e. The van der Waals surface area contributed by atoms with Crippen LogP contribution in [0.1, 0.15) is 40.6 Å². The van der Waals surface area contributed by atoms with Gasteiger partial charge in [-0.25, -0.2) is 0 Å². The van der Waals surface area contributed by atoms with Crippen molar-refractivity contribution in [2.75, 3.05) is 26.2 Å². The normalized spacial score (nSPS) is 15.1. The van der Waals surface area contributed by atoms with E-state index in [0.29, 0.717) is 29.6 Å². The highest BCUT2D eigenvalue weighted by atomic mass is 35.5. The van der Waals surface area contributed by atoms with Gasteiger partial charge in [-0.05, 0) is 28.3 Å². The number of halogens is 2. The summed E-state index contributed by atoms with van der Waals surface area (Å²) in [6, 6.07) is 36.8. The number of piperazine rings is 1. The summed E-state index contributed by atoms with van der Waals surface area (Å²) in [5.74, 6) is 0.227. The van der Waals surface area contributed by atoms with Gasteiger partial charge in [0.05, 0.1) is 16.1 Å². The van der Waals surface area contributed by atoms with Crippen LogP contribution in [0, 0.1) is 0 Å². The number of benzene rings is 4. The summed E-state index contributed by atoms with van der Waals surface area (Å²) in [7, 11) is 0. The van der Waals surface area contributed by atoms with Gasteiger partial charge in [-0.3, -0.25) is 9.69 Å².